The molecular weight excluding hydrogens is 389 g/mol. The van der Waals surface area contributed by atoms with E-state index in [1.807, 2.05) is 0 Å². The van der Waals surface area contributed by atoms with E-state index >= 15 is 0 Å². The lowest BCUT2D eigenvalue weighted by molar-refractivity contribution is -0.133. The van der Waals surface area contributed by atoms with E-state index in [0.29, 0.717) is 35.5 Å². The van der Waals surface area contributed by atoms with Gasteiger partial charge in [0.2, 0.25) is 0 Å². The molecule has 3 N–H and O–H groups in total. The van der Waals surface area contributed by atoms with Gasteiger partial charge in [0, 0.05) is 36.9 Å². The molecule has 1 saturated heterocycles. The molecule has 0 radical (unpaired) electrons. The third-order valence-corrected chi connectivity index (χ3v) is 4.05. The number of likely N-dealkylation sites (N-methyl/N-ethyl adjacent to an activating group) is 1. The molecule has 1 aliphatic heterocycles. The van der Waals surface area contributed by atoms with Gasteiger partial charge in [0.15, 0.2) is 0 Å². The molecule has 0 aliphatic carbocycles. The number of rotatable bonds is 3. The zero-order chi connectivity index (χ0) is 22.8. The Kier molecular flexibility index (Phi) is 9.02. The number of nitrogens with two attached hydrogens (primary N) is 1. The number of pyridine rings is 1. The number of hydrogen-bond acceptors (Lipinski definition) is 5. The molecule has 3 rings (SSSR count). The normalized spacial score (nSPS) is 14.5. The van der Waals surface area contributed by atoms with E-state index in [-0.39, 0.29) is 11.6 Å². The smallest absolute Gasteiger partial charge is 0.267 e. The first kappa shape index (κ1) is 24.2. The number of terminal acetylenes is 2. The van der Waals surface area contributed by atoms with Crippen LogP contribution in [0.15, 0.2) is 30.3 Å². The fourth-order valence-corrected chi connectivity index (χ4v) is 2.52. The van der Waals surface area contributed by atoms with Crippen LogP contribution in [0.1, 0.15) is 22.5 Å². The number of carbonyl (C=O) groups excluding carboxylic acids is 2. The van der Waals surface area contributed by atoms with Crippen molar-refractivity contribution in [3.63, 3.8) is 0 Å². The highest BCUT2D eigenvalue weighted by atomic mass is 19.1. The lowest BCUT2D eigenvalue weighted by atomic mass is 10.1. The molecular formula is C22H22FN3O4. The van der Waals surface area contributed by atoms with Crippen molar-refractivity contribution in [3.8, 4) is 42.2 Å². The average Bonchev–Trinajstić information content (AvgIpc) is 3.05. The molecule has 2 amide bonds. The second-order valence-electron chi connectivity index (χ2n) is 6.08. The van der Waals surface area contributed by atoms with Gasteiger partial charge in [-0.25, -0.2) is 9.37 Å². The monoisotopic (exact) mass is 411 g/mol. The van der Waals surface area contributed by atoms with E-state index < -0.39 is 17.8 Å². The first-order valence-corrected chi connectivity index (χ1v) is 8.65. The Morgan fingerprint density at radius 3 is 2.43 bits per heavy atom. The Labute approximate surface area is 174 Å². The largest absolute Gasteiger partial charge is 0.497 e. The number of halogens is 1. The second kappa shape index (κ2) is 11.2. The summed E-state index contributed by atoms with van der Waals surface area (Å²) in [6.45, 7) is 0.694. The van der Waals surface area contributed by atoms with Gasteiger partial charge in [-0.1, -0.05) is 5.92 Å². The Balaban J connectivity index is 0.000000375. The van der Waals surface area contributed by atoms with Crippen LogP contribution in [0.2, 0.25) is 0 Å². The number of aliphatic hydroxyl groups is 1. The molecule has 1 atom stereocenters. The van der Waals surface area contributed by atoms with Gasteiger partial charge < -0.3 is 20.5 Å². The summed E-state index contributed by atoms with van der Waals surface area (Å²) < 4.78 is 18.6. The van der Waals surface area contributed by atoms with Crippen LogP contribution >= 0.6 is 0 Å². The van der Waals surface area contributed by atoms with Crippen molar-refractivity contribution >= 4 is 11.8 Å². The highest BCUT2D eigenvalue weighted by Crippen LogP contribution is 2.24. The number of methoxy groups -OCH3 is 1. The van der Waals surface area contributed by atoms with Gasteiger partial charge in [-0.15, -0.1) is 19.3 Å². The first-order valence-electron chi connectivity index (χ1n) is 8.65. The number of primary amides is 1. The molecule has 2 heterocycles. The highest BCUT2D eigenvalue weighted by molar-refractivity contribution is 5.92. The van der Waals surface area contributed by atoms with Crippen molar-refractivity contribution in [3.05, 3.63) is 47.4 Å². The van der Waals surface area contributed by atoms with Gasteiger partial charge in [-0.05, 0) is 24.6 Å². The maximum absolute atomic E-state index is 13.5. The molecule has 0 saturated carbocycles. The molecule has 1 fully saturated rings. The van der Waals surface area contributed by atoms with Crippen molar-refractivity contribution < 1.29 is 23.8 Å². The fourth-order valence-electron chi connectivity index (χ4n) is 2.52. The van der Waals surface area contributed by atoms with Crippen molar-refractivity contribution in [2.24, 2.45) is 5.73 Å². The summed E-state index contributed by atoms with van der Waals surface area (Å²) in [4.78, 5) is 27.4. The van der Waals surface area contributed by atoms with Crippen LogP contribution in [0.3, 0.4) is 0 Å². The molecule has 7 nitrogen and oxygen atoms in total. The minimum atomic E-state index is -0.722. The molecule has 156 valence electrons. The molecule has 2 aromatic rings. The van der Waals surface area contributed by atoms with Crippen LogP contribution in [0.25, 0.3) is 11.3 Å². The lowest BCUT2D eigenvalue weighted by Gasteiger charge is -2.07. The number of amides is 2. The zero-order valence-electron chi connectivity index (χ0n) is 16.6. The molecule has 0 unspecified atom stereocenters. The van der Waals surface area contributed by atoms with Gasteiger partial charge in [0.1, 0.15) is 23.4 Å². The van der Waals surface area contributed by atoms with Crippen LogP contribution in [-0.2, 0) is 4.79 Å². The van der Waals surface area contributed by atoms with E-state index in [0.717, 1.165) is 0 Å². The Hall–Kier alpha value is -3.88. The molecule has 1 aliphatic rings. The topological polar surface area (TPSA) is 106 Å². The predicted octanol–water partition coefficient (Wildman–Crippen LogP) is 1.44. The van der Waals surface area contributed by atoms with E-state index in [2.05, 4.69) is 23.8 Å². The zero-order valence-corrected chi connectivity index (χ0v) is 16.6. The fraction of sp³-hybridized carbons (Fsp3) is 0.227. The predicted molar refractivity (Wildman–Crippen MR) is 111 cm³/mol. The van der Waals surface area contributed by atoms with Gasteiger partial charge in [0.05, 0.1) is 12.8 Å². The average molecular weight is 411 g/mol. The van der Waals surface area contributed by atoms with Crippen LogP contribution < -0.4 is 10.5 Å². The van der Waals surface area contributed by atoms with Crippen LogP contribution in [-0.4, -0.2) is 53.6 Å². The number of hydrogen-bond donors (Lipinski definition) is 2. The minimum Gasteiger partial charge on any atom is -0.497 e. The summed E-state index contributed by atoms with van der Waals surface area (Å²) in [5, 5.41) is 8.78. The number of nitrogens with zero attached hydrogens (tertiary/aromatic N) is 2. The third-order valence-electron chi connectivity index (χ3n) is 4.05. The number of benzene rings is 1. The van der Waals surface area contributed by atoms with E-state index in [1.54, 1.807) is 19.2 Å². The number of likely N-dealkylation sites (tertiary alicyclic amines) is 1. The lowest BCUT2D eigenvalue weighted by Crippen LogP contribution is -2.24. The highest BCUT2D eigenvalue weighted by Gasteiger charge is 2.25. The number of aliphatic hydroxyl groups excluding tert-OH is 1. The quantitative estimate of drug-likeness (QED) is 0.744. The summed E-state index contributed by atoms with van der Waals surface area (Å²) in [7, 11) is 3.14. The molecule has 1 aromatic heterocycles. The SMILES string of the molecule is C#C.C#Cc1cc(F)cc(-c2cc(OC)cc(C(N)=O)n2)c1.CN1CC[C@H](O)C1=O. The summed E-state index contributed by atoms with van der Waals surface area (Å²) in [6.07, 6.45) is 13.1. The Bertz CT molecular complexity index is 970. The van der Waals surface area contributed by atoms with Crippen LogP contribution in [0.5, 0.6) is 5.75 Å². The third kappa shape index (κ3) is 6.33. The molecule has 0 bridgehead atoms. The number of ether oxygens (including phenoxy) is 1. The molecule has 30 heavy (non-hydrogen) atoms. The van der Waals surface area contributed by atoms with E-state index in [4.69, 9.17) is 22.0 Å². The maximum Gasteiger partial charge on any atom is 0.267 e. The number of aromatic nitrogens is 1. The van der Waals surface area contributed by atoms with Gasteiger partial charge in [-0.2, -0.15) is 0 Å². The van der Waals surface area contributed by atoms with E-state index in [9.17, 15) is 14.0 Å². The standard InChI is InChI=1S/C15H11FN2O2.C5H9NO2.C2H2/c1-3-9-4-10(6-11(16)5-9)13-7-12(20-2)8-14(18-13)15(17)19;1-6-3-2-4(7)5(6)8;1-2/h1,4-8H,2H3,(H2,17,19);4,7H,2-3H2,1H3;1-2H/t;4-;/m.0./s1. The molecule has 8 heteroatoms. The second-order valence-corrected chi connectivity index (χ2v) is 6.08. The van der Waals surface area contributed by atoms with Gasteiger partial charge in [-0.3, -0.25) is 9.59 Å². The first-order chi connectivity index (χ1) is 14.2. The Morgan fingerprint density at radius 2 is 2.00 bits per heavy atom. The van der Waals surface area contributed by atoms with Crippen molar-refractivity contribution in [2.75, 3.05) is 20.7 Å². The van der Waals surface area contributed by atoms with E-state index in [1.165, 1.54) is 30.2 Å². The Morgan fingerprint density at radius 1 is 1.33 bits per heavy atom. The van der Waals surface area contributed by atoms with Crippen LogP contribution in [0.4, 0.5) is 4.39 Å². The molecule has 1 aromatic carbocycles. The minimum absolute atomic E-state index is 0.0332. The van der Waals surface area contributed by atoms with Crippen molar-refractivity contribution in [1.82, 2.24) is 9.88 Å². The van der Waals surface area contributed by atoms with Crippen molar-refractivity contribution in [2.45, 2.75) is 12.5 Å². The summed E-state index contributed by atoms with van der Waals surface area (Å²) >= 11 is 0. The van der Waals surface area contributed by atoms with Crippen LogP contribution in [0, 0.1) is 31.0 Å². The van der Waals surface area contributed by atoms with Gasteiger partial charge >= 0.3 is 0 Å². The maximum atomic E-state index is 13.5. The van der Waals surface area contributed by atoms with Gasteiger partial charge in [0.25, 0.3) is 11.8 Å². The van der Waals surface area contributed by atoms with Crippen molar-refractivity contribution in [1.29, 1.82) is 0 Å². The number of carbonyl (C=O) groups is 2. The summed E-state index contributed by atoms with van der Waals surface area (Å²) in [5.74, 6) is 1.42. The summed E-state index contributed by atoms with van der Waals surface area (Å²) in [5.41, 5.74) is 6.42. The molecule has 0 spiro atoms. The summed E-state index contributed by atoms with van der Waals surface area (Å²) in [6, 6.07) is 7.08.